The maximum absolute atomic E-state index is 4.16. The molecular formula is C12H16N2. The highest BCUT2D eigenvalue weighted by Crippen LogP contribution is 2.04. The van der Waals surface area contributed by atoms with E-state index in [-0.39, 0.29) is 0 Å². The maximum Gasteiger partial charge on any atom is 0.0499 e. The summed E-state index contributed by atoms with van der Waals surface area (Å²) in [6.45, 7) is 2.04. The van der Waals surface area contributed by atoms with Crippen LogP contribution in [0.25, 0.3) is 6.08 Å². The fraction of sp³-hybridized carbons (Fsp3) is 0.250. The summed E-state index contributed by atoms with van der Waals surface area (Å²) < 4.78 is 0. The molecule has 0 amide bonds. The number of rotatable bonds is 3. The molecule has 14 heavy (non-hydrogen) atoms. The van der Waals surface area contributed by atoms with Crippen LogP contribution in [-0.2, 0) is 0 Å². The van der Waals surface area contributed by atoms with Gasteiger partial charge >= 0.3 is 0 Å². The van der Waals surface area contributed by atoms with Crippen LogP contribution in [0.1, 0.15) is 12.5 Å². The molecule has 0 heterocycles. The van der Waals surface area contributed by atoms with E-state index >= 15 is 0 Å². The van der Waals surface area contributed by atoms with Crippen molar-refractivity contribution in [1.82, 2.24) is 5.01 Å². The SMILES string of the molecule is CC(/C=N/N(C)C)=C\c1ccccc1. The summed E-state index contributed by atoms with van der Waals surface area (Å²) in [6.07, 6.45) is 3.96. The van der Waals surface area contributed by atoms with Crippen LogP contribution in [-0.4, -0.2) is 25.3 Å². The Hall–Kier alpha value is -1.57. The Balaban J connectivity index is 2.70. The Morgan fingerprint density at radius 3 is 2.43 bits per heavy atom. The highest BCUT2D eigenvalue weighted by Gasteiger charge is 1.87. The lowest BCUT2D eigenvalue weighted by Gasteiger charge is -2.02. The summed E-state index contributed by atoms with van der Waals surface area (Å²) >= 11 is 0. The molecule has 0 spiro atoms. The summed E-state index contributed by atoms with van der Waals surface area (Å²) in [6, 6.07) is 10.2. The van der Waals surface area contributed by atoms with Gasteiger partial charge in [0.15, 0.2) is 0 Å². The van der Waals surface area contributed by atoms with Gasteiger partial charge in [0.2, 0.25) is 0 Å². The number of benzene rings is 1. The van der Waals surface area contributed by atoms with E-state index in [1.165, 1.54) is 5.56 Å². The van der Waals surface area contributed by atoms with E-state index in [0.717, 1.165) is 5.57 Å². The molecule has 0 atom stereocenters. The average molecular weight is 188 g/mol. The molecule has 0 saturated carbocycles. The first-order chi connectivity index (χ1) is 6.68. The highest BCUT2D eigenvalue weighted by molar-refractivity contribution is 5.84. The standard InChI is InChI=1S/C12H16N2/c1-11(10-13-14(2)3)9-12-7-5-4-6-8-12/h4-10H,1-3H3/b11-9+,13-10+. The molecule has 0 saturated heterocycles. The summed E-state index contributed by atoms with van der Waals surface area (Å²) in [5, 5.41) is 5.94. The van der Waals surface area contributed by atoms with Crippen molar-refractivity contribution in [2.75, 3.05) is 14.1 Å². The number of hydrogen-bond acceptors (Lipinski definition) is 2. The molecule has 0 aliphatic heterocycles. The van der Waals surface area contributed by atoms with Gasteiger partial charge in [-0.25, -0.2) is 0 Å². The lowest BCUT2D eigenvalue weighted by atomic mass is 10.1. The van der Waals surface area contributed by atoms with Crippen molar-refractivity contribution < 1.29 is 0 Å². The Morgan fingerprint density at radius 2 is 1.86 bits per heavy atom. The number of nitrogens with zero attached hydrogens (tertiary/aromatic N) is 2. The molecule has 0 aromatic heterocycles. The molecule has 2 heteroatoms. The summed E-state index contributed by atoms with van der Waals surface area (Å²) in [5.74, 6) is 0. The third-order valence-corrected chi connectivity index (χ3v) is 1.69. The molecule has 1 aromatic carbocycles. The van der Waals surface area contributed by atoms with E-state index in [4.69, 9.17) is 0 Å². The molecule has 2 nitrogen and oxygen atoms in total. The van der Waals surface area contributed by atoms with E-state index < -0.39 is 0 Å². The lowest BCUT2D eigenvalue weighted by molar-refractivity contribution is 0.440. The molecule has 0 radical (unpaired) electrons. The average Bonchev–Trinajstić information content (AvgIpc) is 2.16. The van der Waals surface area contributed by atoms with Gasteiger partial charge in [-0.1, -0.05) is 36.4 Å². The van der Waals surface area contributed by atoms with Gasteiger partial charge < -0.3 is 5.01 Å². The first-order valence-corrected chi connectivity index (χ1v) is 4.63. The van der Waals surface area contributed by atoms with Crippen LogP contribution < -0.4 is 0 Å². The highest BCUT2D eigenvalue weighted by atomic mass is 15.4. The second kappa shape index (κ2) is 5.22. The van der Waals surface area contributed by atoms with Gasteiger partial charge in [-0.05, 0) is 18.1 Å². The van der Waals surface area contributed by atoms with Gasteiger partial charge in [-0.2, -0.15) is 5.10 Å². The number of allylic oxidation sites excluding steroid dienone is 1. The Morgan fingerprint density at radius 1 is 1.21 bits per heavy atom. The van der Waals surface area contributed by atoms with Gasteiger partial charge in [0, 0.05) is 20.3 Å². The van der Waals surface area contributed by atoms with Gasteiger partial charge in [-0.3, -0.25) is 0 Å². The summed E-state index contributed by atoms with van der Waals surface area (Å²) in [5.41, 5.74) is 2.35. The molecule has 0 unspecified atom stereocenters. The maximum atomic E-state index is 4.16. The summed E-state index contributed by atoms with van der Waals surface area (Å²) in [4.78, 5) is 0. The molecule has 0 fully saturated rings. The molecule has 0 aliphatic rings. The molecule has 0 N–H and O–H groups in total. The monoisotopic (exact) mass is 188 g/mol. The molecular weight excluding hydrogens is 172 g/mol. The van der Waals surface area contributed by atoms with Crippen molar-refractivity contribution >= 4 is 12.3 Å². The second-order valence-electron chi connectivity index (χ2n) is 3.39. The van der Waals surface area contributed by atoms with Crippen LogP contribution in [0, 0.1) is 0 Å². The quantitative estimate of drug-likeness (QED) is 0.526. The lowest BCUT2D eigenvalue weighted by Crippen LogP contribution is -2.01. The predicted octanol–water partition coefficient (Wildman–Crippen LogP) is 2.64. The Bertz CT molecular complexity index is 323. The summed E-state index contributed by atoms with van der Waals surface area (Å²) in [7, 11) is 3.82. The zero-order chi connectivity index (χ0) is 10.4. The fourth-order valence-corrected chi connectivity index (χ4v) is 1.06. The van der Waals surface area contributed by atoms with Crippen LogP contribution in [0.5, 0.6) is 0 Å². The Labute approximate surface area is 85.6 Å². The van der Waals surface area contributed by atoms with E-state index in [1.54, 1.807) is 5.01 Å². The Kier molecular flexibility index (Phi) is 3.92. The normalized spacial score (nSPS) is 12.1. The second-order valence-corrected chi connectivity index (χ2v) is 3.39. The molecule has 1 rings (SSSR count). The molecule has 0 bridgehead atoms. The van der Waals surface area contributed by atoms with Crippen molar-refractivity contribution in [2.24, 2.45) is 5.10 Å². The van der Waals surface area contributed by atoms with Crippen LogP contribution in [0.2, 0.25) is 0 Å². The largest absolute Gasteiger partial charge is 0.303 e. The predicted molar refractivity (Wildman–Crippen MR) is 62.3 cm³/mol. The first kappa shape index (κ1) is 10.5. The van der Waals surface area contributed by atoms with Gasteiger partial charge in [-0.15, -0.1) is 0 Å². The van der Waals surface area contributed by atoms with Crippen molar-refractivity contribution in [3.05, 3.63) is 41.5 Å². The molecule has 1 aromatic rings. The number of hydrogen-bond donors (Lipinski definition) is 0. The van der Waals surface area contributed by atoms with Gasteiger partial charge in [0.05, 0.1) is 0 Å². The van der Waals surface area contributed by atoms with Gasteiger partial charge in [0.25, 0.3) is 0 Å². The van der Waals surface area contributed by atoms with Crippen LogP contribution >= 0.6 is 0 Å². The van der Waals surface area contributed by atoms with Crippen molar-refractivity contribution in [1.29, 1.82) is 0 Å². The zero-order valence-electron chi connectivity index (χ0n) is 8.94. The third-order valence-electron chi connectivity index (χ3n) is 1.69. The van der Waals surface area contributed by atoms with Crippen molar-refractivity contribution in [3.63, 3.8) is 0 Å². The smallest absolute Gasteiger partial charge is 0.0499 e. The third kappa shape index (κ3) is 3.90. The topological polar surface area (TPSA) is 15.6 Å². The van der Waals surface area contributed by atoms with E-state index in [0.29, 0.717) is 0 Å². The fourth-order valence-electron chi connectivity index (χ4n) is 1.06. The zero-order valence-corrected chi connectivity index (χ0v) is 8.94. The minimum Gasteiger partial charge on any atom is -0.303 e. The van der Waals surface area contributed by atoms with Crippen LogP contribution in [0.15, 0.2) is 41.0 Å². The van der Waals surface area contributed by atoms with Crippen molar-refractivity contribution in [2.45, 2.75) is 6.92 Å². The minimum absolute atomic E-state index is 1.14. The molecule has 0 aliphatic carbocycles. The van der Waals surface area contributed by atoms with Crippen molar-refractivity contribution in [3.8, 4) is 0 Å². The van der Waals surface area contributed by atoms with E-state index in [1.807, 2.05) is 45.4 Å². The minimum atomic E-state index is 1.14. The number of hydrazone groups is 1. The van der Waals surface area contributed by atoms with Gasteiger partial charge in [0.1, 0.15) is 0 Å². The van der Waals surface area contributed by atoms with E-state index in [2.05, 4.69) is 23.3 Å². The first-order valence-electron chi connectivity index (χ1n) is 4.63. The van der Waals surface area contributed by atoms with Crippen LogP contribution in [0.3, 0.4) is 0 Å². The molecule has 74 valence electrons. The van der Waals surface area contributed by atoms with E-state index in [9.17, 15) is 0 Å². The van der Waals surface area contributed by atoms with Crippen LogP contribution in [0.4, 0.5) is 0 Å².